The van der Waals surface area contributed by atoms with Crippen LogP contribution >= 0.6 is 0 Å². The van der Waals surface area contributed by atoms with E-state index < -0.39 is 10.0 Å². The first-order chi connectivity index (χ1) is 11.2. The maximum Gasteiger partial charge on any atom is 0.238 e. The fourth-order valence-electron chi connectivity index (χ4n) is 6.04. The minimum atomic E-state index is -3.66. The maximum absolute atomic E-state index is 12.5. The van der Waals surface area contributed by atoms with Crippen LogP contribution in [0, 0.1) is 16.7 Å². The fraction of sp³-hybridized carbons (Fsp3) is 0.632. The van der Waals surface area contributed by atoms with E-state index >= 15 is 0 Å². The van der Waals surface area contributed by atoms with Crippen LogP contribution in [0.5, 0.6) is 0 Å². The number of Topliss-reactive ketones (excluding diaryl/α,β-unsaturated/α-hetero) is 1. The van der Waals surface area contributed by atoms with Crippen molar-refractivity contribution in [3.05, 3.63) is 29.3 Å². The summed E-state index contributed by atoms with van der Waals surface area (Å²) in [6, 6.07) is 5.38. The number of hydrogen-bond donors (Lipinski definition) is 1. The molecule has 130 valence electrons. The average molecular weight is 347 g/mol. The molecule has 4 nitrogen and oxygen atoms in total. The van der Waals surface area contributed by atoms with Gasteiger partial charge in [0.15, 0.2) is 0 Å². The van der Waals surface area contributed by atoms with Gasteiger partial charge >= 0.3 is 0 Å². The molecule has 2 unspecified atom stereocenters. The van der Waals surface area contributed by atoms with Gasteiger partial charge in [-0.25, -0.2) is 13.6 Å². The van der Waals surface area contributed by atoms with Crippen molar-refractivity contribution in [3.8, 4) is 0 Å². The number of nitrogens with two attached hydrogens (primary N) is 1. The van der Waals surface area contributed by atoms with Crippen molar-refractivity contribution in [3.63, 3.8) is 0 Å². The molecule has 0 aromatic heterocycles. The molecule has 3 aliphatic carbocycles. The molecule has 0 amide bonds. The third-order valence-electron chi connectivity index (χ3n) is 7.36. The fourth-order valence-corrected chi connectivity index (χ4v) is 6.60. The summed E-state index contributed by atoms with van der Waals surface area (Å²) >= 11 is 0. The van der Waals surface area contributed by atoms with Gasteiger partial charge in [-0.05, 0) is 72.6 Å². The van der Waals surface area contributed by atoms with E-state index in [-0.39, 0.29) is 15.7 Å². The average Bonchev–Trinajstić information content (AvgIpc) is 2.82. The number of primary sulfonamides is 1. The van der Waals surface area contributed by atoms with Gasteiger partial charge in [0.25, 0.3) is 0 Å². The molecule has 24 heavy (non-hydrogen) atoms. The second-order valence-electron chi connectivity index (χ2n) is 8.43. The quantitative estimate of drug-likeness (QED) is 0.848. The summed E-state index contributed by atoms with van der Waals surface area (Å²) in [5, 5.41) is 5.29. The van der Waals surface area contributed by atoms with Gasteiger partial charge in [-0.3, -0.25) is 4.79 Å². The number of aryl methyl sites for hydroxylation is 1. The monoisotopic (exact) mass is 347 g/mol. The number of hydrogen-bond acceptors (Lipinski definition) is 3. The molecule has 3 aliphatic rings. The number of fused-ring (bicyclic) bond motifs is 5. The Balaban J connectivity index is 1.78. The Labute approximate surface area is 143 Å². The Bertz CT molecular complexity index is 831. The number of ketones is 1. The third-order valence-corrected chi connectivity index (χ3v) is 8.27. The van der Waals surface area contributed by atoms with Crippen LogP contribution in [0.15, 0.2) is 23.1 Å². The smallest absolute Gasteiger partial charge is 0.238 e. The molecule has 1 aromatic carbocycles. The predicted molar refractivity (Wildman–Crippen MR) is 92.1 cm³/mol. The number of sulfonamides is 1. The molecule has 1 aromatic rings. The minimum Gasteiger partial charge on any atom is -0.299 e. The zero-order valence-corrected chi connectivity index (χ0v) is 15.2. The highest BCUT2D eigenvalue weighted by Gasteiger charge is 2.59. The lowest BCUT2D eigenvalue weighted by atomic mass is 9.48. The van der Waals surface area contributed by atoms with Crippen LogP contribution in [0.3, 0.4) is 0 Å². The van der Waals surface area contributed by atoms with Crippen LogP contribution in [0.25, 0.3) is 0 Å². The summed E-state index contributed by atoms with van der Waals surface area (Å²) in [6.07, 6.45) is 5.58. The second-order valence-corrected chi connectivity index (χ2v) is 10.00. The molecule has 0 spiro atoms. The molecule has 4 atom stereocenters. The zero-order chi connectivity index (χ0) is 17.3. The van der Waals surface area contributed by atoms with Crippen LogP contribution in [0.2, 0.25) is 0 Å². The molecule has 2 N–H and O–H groups in total. The third kappa shape index (κ3) is 2.07. The molecule has 0 radical (unpaired) electrons. The maximum atomic E-state index is 12.5. The molecule has 2 saturated carbocycles. The number of carbonyl (C=O) groups is 1. The largest absolute Gasteiger partial charge is 0.299 e. The Kier molecular flexibility index (Phi) is 3.33. The lowest BCUT2D eigenvalue weighted by molar-refractivity contribution is -0.132. The summed E-state index contributed by atoms with van der Waals surface area (Å²) in [5.41, 5.74) is 2.38. The minimum absolute atomic E-state index is 0.134. The molecule has 2 fully saturated rings. The van der Waals surface area contributed by atoms with Gasteiger partial charge in [0, 0.05) is 11.8 Å². The number of rotatable bonds is 1. The van der Waals surface area contributed by atoms with E-state index in [9.17, 15) is 13.2 Å². The normalized spacial score (nSPS) is 38.4. The summed E-state index contributed by atoms with van der Waals surface area (Å²) < 4.78 is 23.3. The van der Waals surface area contributed by atoms with Gasteiger partial charge in [0.1, 0.15) is 5.78 Å². The molecule has 0 heterocycles. The van der Waals surface area contributed by atoms with Gasteiger partial charge in [0.05, 0.1) is 4.90 Å². The first kappa shape index (κ1) is 16.3. The SMILES string of the molecule is C[C@@]12CCc3cc(S(N)(=O)=O)ccc3C1CC[C@]1(C)C(=O)CCC21. The van der Waals surface area contributed by atoms with Crippen molar-refractivity contribution < 1.29 is 13.2 Å². The second kappa shape index (κ2) is 4.92. The molecule has 0 saturated heterocycles. The van der Waals surface area contributed by atoms with Crippen molar-refractivity contribution in [2.45, 2.75) is 63.2 Å². The van der Waals surface area contributed by atoms with E-state index in [1.54, 1.807) is 12.1 Å². The summed E-state index contributed by atoms with van der Waals surface area (Å²) in [4.78, 5) is 12.7. The van der Waals surface area contributed by atoms with E-state index in [4.69, 9.17) is 5.14 Å². The van der Waals surface area contributed by atoms with Gasteiger partial charge in [-0.2, -0.15) is 0 Å². The van der Waals surface area contributed by atoms with Crippen molar-refractivity contribution >= 4 is 15.8 Å². The number of carbonyl (C=O) groups excluding carboxylic acids is 1. The highest BCUT2D eigenvalue weighted by Crippen LogP contribution is 2.65. The molecule has 0 bridgehead atoms. The first-order valence-corrected chi connectivity index (χ1v) is 10.4. The number of benzene rings is 1. The van der Waals surface area contributed by atoms with Crippen molar-refractivity contribution in [1.82, 2.24) is 0 Å². The van der Waals surface area contributed by atoms with E-state index in [1.807, 2.05) is 6.07 Å². The van der Waals surface area contributed by atoms with Gasteiger partial charge in [-0.1, -0.05) is 19.9 Å². The standard InChI is InChI=1S/C19H25NO3S/c1-18-9-7-12-11-13(24(20,22)23)3-4-14(12)15(18)8-10-19(2)16(18)5-6-17(19)21/h3-4,11,15-16H,5-10H2,1-2H3,(H2,20,22,23)/t15?,16?,18-,19+/m1/s1. The van der Waals surface area contributed by atoms with Crippen LogP contribution in [-0.4, -0.2) is 14.2 Å². The van der Waals surface area contributed by atoms with Crippen LogP contribution in [-0.2, 0) is 21.2 Å². The Morgan fingerprint density at radius 3 is 2.58 bits per heavy atom. The Morgan fingerprint density at radius 1 is 1.12 bits per heavy atom. The van der Waals surface area contributed by atoms with Crippen LogP contribution < -0.4 is 5.14 Å². The van der Waals surface area contributed by atoms with Gasteiger partial charge < -0.3 is 0 Å². The molecule has 5 heteroatoms. The highest BCUT2D eigenvalue weighted by molar-refractivity contribution is 7.89. The molecule has 0 aliphatic heterocycles. The summed E-state index contributed by atoms with van der Waals surface area (Å²) in [5.74, 6) is 1.31. The molecular weight excluding hydrogens is 322 g/mol. The Morgan fingerprint density at radius 2 is 1.88 bits per heavy atom. The van der Waals surface area contributed by atoms with E-state index in [0.717, 1.165) is 44.1 Å². The van der Waals surface area contributed by atoms with E-state index in [0.29, 0.717) is 17.6 Å². The molecular formula is C19H25NO3S. The van der Waals surface area contributed by atoms with Crippen LogP contribution in [0.1, 0.15) is 63.0 Å². The first-order valence-electron chi connectivity index (χ1n) is 8.85. The predicted octanol–water partition coefficient (Wildman–Crippen LogP) is 3.15. The summed E-state index contributed by atoms with van der Waals surface area (Å²) in [6.45, 7) is 4.53. The van der Waals surface area contributed by atoms with Gasteiger partial charge in [-0.15, -0.1) is 0 Å². The van der Waals surface area contributed by atoms with Gasteiger partial charge in [0.2, 0.25) is 10.0 Å². The summed E-state index contributed by atoms with van der Waals surface area (Å²) in [7, 11) is -3.66. The Hall–Kier alpha value is -1.20. The van der Waals surface area contributed by atoms with E-state index in [1.165, 1.54) is 5.56 Å². The molecule has 4 rings (SSSR count). The van der Waals surface area contributed by atoms with E-state index in [2.05, 4.69) is 13.8 Å². The zero-order valence-electron chi connectivity index (χ0n) is 14.3. The lowest BCUT2D eigenvalue weighted by Gasteiger charge is -2.55. The van der Waals surface area contributed by atoms with Crippen molar-refractivity contribution in [1.29, 1.82) is 0 Å². The topological polar surface area (TPSA) is 77.2 Å². The highest BCUT2D eigenvalue weighted by atomic mass is 32.2. The lowest BCUT2D eigenvalue weighted by Crippen LogP contribution is -2.49. The van der Waals surface area contributed by atoms with Crippen molar-refractivity contribution in [2.75, 3.05) is 0 Å². The van der Waals surface area contributed by atoms with Crippen molar-refractivity contribution in [2.24, 2.45) is 21.9 Å². The van der Waals surface area contributed by atoms with Crippen LogP contribution in [0.4, 0.5) is 0 Å².